The van der Waals surface area contributed by atoms with Crippen LogP contribution in [0.15, 0.2) is 49.3 Å². The first-order chi connectivity index (χ1) is 28.7. The van der Waals surface area contributed by atoms with E-state index in [-0.39, 0.29) is 95.6 Å². The molecule has 21 heteroatoms. The van der Waals surface area contributed by atoms with Crippen LogP contribution in [-0.4, -0.2) is 83.2 Å². The van der Waals surface area contributed by atoms with Gasteiger partial charge in [-0.25, -0.2) is 33.5 Å². The normalized spacial score (nSPS) is 22.4. The second-order valence-corrected chi connectivity index (χ2v) is 16.6. The van der Waals surface area contributed by atoms with Gasteiger partial charge in [-0.1, -0.05) is 0 Å². The molecule has 2 saturated heterocycles. The summed E-state index contributed by atoms with van der Waals surface area (Å²) in [5, 5.41) is 3.20. The van der Waals surface area contributed by atoms with Crippen LogP contribution in [-0.2, 0) is 39.5 Å². The van der Waals surface area contributed by atoms with E-state index in [1.807, 2.05) is 0 Å². The van der Waals surface area contributed by atoms with Gasteiger partial charge in [-0.3, -0.25) is 24.5 Å². The molecule has 1 N–H and O–H groups in total. The second kappa shape index (κ2) is 17.9. The first-order valence-corrected chi connectivity index (χ1v) is 19.5. The van der Waals surface area contributed by atoms with Gasteiger partial charge in [0, 0.05) is 55.3 Å². The van der Waals surface area contributed by atoms with Crippen LogP contribution in [0.25, 0.3) is 22.5 Å². The number of hydrogen-bond acceptors (Lipinski definition) is 11. The lowest BCUT2D eigenvalue weighted by Gasteiger charge is -2.29. The first-order valence-electron chi connectivity index (χ1n) is 19.5. The van der Waals surface area contributed by atoms with E-state index in [9.17, 15) is 49.5 Å². The van der Waals surface area contributed by atoms with Gasteiger partial charge in [-0.2, -0.15) is 26.3 Å². The molecular formula is C41H41ClF8N8O4. The molecule has 332 valence electrons. The highest BCUT2D eigenvalue weighted by Crippen LogP contribution is 2.50. The van der Waals surface area contributed by atoms with Crippen LogP contribution in [0.4, 0.5) is 39.9 Å². The molecule has 8 rings (SSSR count). The molecule has 0 spiro atoms. The maximum Gasteiger partial charge on any atom is 0.451 e. The Kier molecular flexibility index (Phi) is 13.3. The highest BCUT2D eigenvalue weighted by molar-refractivity contribution is 5.89. The van der Waals surface area contributed by atoms with Gasteiger partial charge in [-0.15, -0.1) is 12.4 Å². The molecule has 0 radical (unpaired) electrons. The maximum atomic E-state index is 14.4. The standard InChI is InChI=1S/C23H24F4N4O3.C18H16F4N4O.ClH/c1-22(2,3)34-21(33)31-11-13-6-15(13)19(31)18(32)5-4-12-7-17(28-10-16(12)24)14-8-29-20(30-9-14)23(25,26)27;19-13-8-23-14(11-6-25-17(26-7-11)18(20,21)22)4-9(13)1-2-15(27)16-12-3-10(12)5-24-16;/h7-10,13,15,19H,4-6,11H2,1-3H3;4,6-8,10,12,16,24H,1-3,5H2;1H/t13?,15-,19-;10?,12-,16-;/m00./s1. The van der Waals surface area contributed by atoms with E-state index in [0.717, 1.165) is 56.6 Å². The monoisotopic (exact) mass is 896 g/mol. The Morgan fingerprint density at radius 1 is 0.694 bits per heavy atom. The number of halogens is 9. The predicted molar refractivity (Wildman–Crippen MR) is 206 cm³/mol. The molecule has 1 amide bonds. The number of nitrogens with one attached hydrogen (secondary N) is 1. The zero-order valence-electron chi connectivity index (χ0n) is 33.4. The van der Waals surface area contributed by atoms with E-state index in [4.69, 9.17) is 4.74 Å². The third-order valence-electron chi connectivity index (χ3n) is 11.0. The third kappa shape index (κ3) is 10.9. The Morgan fingerprint density at radius 2 is 1.16 bits per heavy atom. The number of ether oxygens (including phenoxy) is 1. The SMILES string of the molecule is CC(C)(C)OC(=O)N1CC2C[C@@H]2[C@H]1C(=O)CCc1cc(-c2cnc(C(F)(F)F)nc2)ncc1F.Cl.O=C(CCc1cc(-c2cnc(C(F)(F)F)nc2)ncc1F)[C@H]1NCC2C[C@@H]21. The van der Waals surface area contributed by atoms with Gasteiger partial charge in [0.05, 0.1) is 35.9 Å². The molecule has 4 fully saturated rings. The fourth-order valence-electron chi connectivity index (χ4n) is 7.77. The Labute approximate surface area is 356 Å². The number of aromatic nitrogens is 6. The molecular weight excluding hydrogens is 856 g/mol. The van der Waals surface area contributed by atoms with E-state index in [2.05, 4.69) is 35.2 Å². The van der Waals surface area contributed by atoms with Gasteiger partial charge in [-0.05, 0) is 99.9 Å². The molecule has 62 heavy (non-hydrogen) atoms. The van der Waals surface area contributed by atoms with Crippen LogP contribution in [0.2, 0.25) is 0 Å². The zero-order chi connectivity index (χ0) is 44.0. The number of alkyl halides is 6. The zero-order valence-corrected chi connectivity index (χ0v) is 34.3. The van der Waals surface area contributed by atoms with Crippen LogP contribution in [0.1, 0.15) is 69.2 Å². The van der Waals surface area contributed by atoms with Gasteiger partial charge >= 0.3 is 18.4 Å². The number of fused-ring (bicyclic) bond motifs is 2. The van der Waals surface area contributed by atoms with Crippen molar-refractivity contribution in [3.05, 3.63) is 83.7 Å². The summed E-state index contributed by atoms with van der Waals surface area (Å²) in [7, 11) is 0. The number of nitrogens with zero attached hydrogens (tertiary/aromatic N) is 7. The highest BCUT2D eigenvalue weighted by atomic mass is 35.5. The molecule has 4 aromatic rings. The van der Waals surface area contributed by atoms with Crippen molar-refractivity contribution in [2.75, 3.05) is 13.1 Å². The number of rotatable bonds is 10. The second-order valence-electron chi connectivity index (χ2n) is 16.6. The molecule has 0 aromatic carbocycles. The number of likely N-dealkylation sites (tertiary alicyclic amines) is 1. The van der Waals surface area contributed by atoms with E-state index in [1.54, 1.807) is 20.8 Å². The van der Waals surface area contributed by atoms with Gasteiger partial charge in [0.15, 0.2) is 5.78 Å². The van der Waals surface area contributed by atoms with Gasteiger partial charge in [0.25, 0.3) is 0 Å². The Balaban J connectivity index is 0.000000209. The van der Waals surface area contributed by atoms with Crippen LogP contribution >= 0.6 is 12.4 Å². The average Bonchev–Trinajstić information content (AvgIpc) is 4.08. The van der Waals surface area contributed by atoms with Gasteiger partial charge in [0.2, 0.25) is 11.6 Å². The molecule has 2 unspecified atom stereocenters. The summed E-state index contributed by atoms with van der Waals surface area (Å²) < 4.78 is 110. The molecule has 4 aromatic heterocycles. The number of Topliss-reactive ketones (excluding diaryl/α,β-unsaturated/α-hetero) is 2. The van der Waals surface area contributed by atoms with Crippen molar-refractivity contribution in [1.82, 2.24) is 40.1 Å². The fraction of sp³-hybridized carbons (Fsp3) is 0.488. The Bertz CT molecular complexity index is 2290. The van der Waals surface area contributed by atoms with E-state index >= 15 is 0 Å². The number of carbonyl (C=O) groups excluding carboxylic acids is 3. The predicted octanol–water partition coefficient (Wildman–Crippen LogP) is 7.68. The summed E-state index contributed by atoms with van der Waals surface area (Å²) in [4.78, 5) is 60.3. The third-order valence-corrected chi connectivity index (χ3v) is 11.0. The molecule has 6 heterocycles. The lowest BCUT2D eigenvalue weighted by molar-refractivity contribution is -0.145. The van der Waals surface area contributed by atoms with Crippen LogP contribution in [0.5, 0.6) is 0 Å². The molecule has 2 aliphatic heterocycles. The molecule has 4 aliphatic rings. The Morgan fingerprint density at radius 3 is 1.58 bits per heavy atom. The van der Waals surface area contributed by atoms with Crippen molar-refractivity contribution in [3.63, 3.8) is 0 Å². The molecule has 12 nitrogen and oxygen atoms in total. The Hall–Kier alpha value is -5.24. The summed E-state index contributed by atoms with van der Waals surface area (Å²) in [6, 6.07) is 2.07. The van der Waals surface area contributed by atoms with Crippen molar-refractivity contribution in [2.24, 2.45) is 23.7 Å². The quantitative estimate of drug-likeness (QED) is 0.156. The minimum atomic E-state index is -4.67. The van der Waals surface area contributed by atoms with Crippen molar-refractivity contribution in [3.8, 4) is 22.5 Å². The van der Waals surface area contributed by atoms with E-state index in [1.165, 1.54) is 17.0 Å². The van der Waals surface area contributed by atoms with Crippen LogP contribution in [0, 0.1) is 35.3 Å². The van der Waals surface area contributed by atoms with Crippen molar-refractivity contribution in [2.45, 2.75) is 89.3 Å². The molecule has 6 atom stereocenters. The first kappa shape index (κ1) is 46.3. The number of ketones is 2. The van der Waals surface area contributed by atoms with Crippen LogP contribution < -0.4 is 5.32 Å². The molecule has 0 bridgehead atoms. The molecule has 2 saturated carbocycles. The summed E-state index contributed by atoms with van der Waals surface area (Å²) >= 11 is 0. The summed E-state index contributed by atoms with van der Waals surface area (Å²) in [6.45, 7) is 6.60. The number of pyridine rings is 2. The fourth-order valence-corrected chi connectivity index (χ4v) is 7.77. The maximum absolute atomic E-state index is 14.4. The highest BCUT2D eigenvalue weighted by Gasteiger charge is 2.57. The lowest BCUT2D eigenvalue weighted by Crippen LogP contribution is -2.45. The minimum Gasteiger partial charge on any atom is -0.444 e. The van der Waals surface area contributed by atoms with Gasteiger partial charge in [0.1, 0.15) is 23.0 Å². The van der Waals surface area contributed by atoms with Gasteiger partial charge < -0.3 is 10.1 Å². The summed E-state index contributed by atoms with van der Waals surface area (Å²) in [5.74, 6) is -2.43. The van der Waals surface area contributed by atoms with Crippen LogP contribution in [0.3, 0.4) is 0 Å². The van der Waals surface area contributed by atoms with Crippen molar-refractivity contribution >= 4 is 30.1 Å². The number of carbonyl (C=O) groups is 3. The smallest absolute Gasteiger partial charge is 0.444 e. The number of hydrogen-bond donors (Lipinski definition) is 1. The number of aryl methyl sites for hydroxylation is 2. The van der Waals surface area contributed by atoms with Crippen molar-refractivity contribution in [1.29, 1.82) is 0 Å². The summed E-state index contributed by atoms with van der Waals surface area (Å²) in [5.41, 5.74) is 0.675. The minimum absolute atomic E-state index is 0. The summed E-state index contributed by atoms with van der Waals surface area (Å²) in [6.07, 6.45) is -1.54. The molecule has 2 aliphatic carbocycles. The average molecular weight is 897 g/mol. The van der Waals surface area contributed by atoms with E-state index < -0.39 is 53.4 Å². The lowest BCUT2D eigenvalue weighted by atomic mass is 10.00. The topological polar surface area (TPSA) is 153 Å². The number of amides is 1. The largest absolute Gasteiger partial charge is 0.451 e. The van der Waals surface area contributed by atoms with Crippen molar-refractivity contribution < 1.29 is 54.2 Å². The number of piperidine rings is 2. The van der Waals surface area contributed by atoms with E-state index in [0.29, 0.717) is 23.9 Å².